The number of rotatable bonds is 5. The summed E-state index contributed by atoms with van der Waals surface area (Å²) in [7, 11) is 0. The number of amides is 1. The lowest BCUT2D eigenvalue weighted by atomic mass is 9.93. The standard InChI is InChI=1S/C18H27N7O2/c1-2-25-16(11-24-13-19-12-20-24)21-22-17(25)14-3-7-23(8-4-14)18(26)15-5-9-27-10-6-15/h12-15H,2-11H2,1H3. The van der Waals surface area contributed by atoms with Gasteiger partial charge < -0.3 is 14.2 Å². The molecule has 0 saturated carbocycles. The number of hydrogen-bond acceptors (Lipinski definition) is 6. The van der Waals surface area contributed by atoms with Gasteiger partial charge in [-0.1, -0.05) is 0 Å². The highest BCUT2D eigenvalue weighted by atomic mass is 16.5. The van der Waals surface area contributed by atoms with Crippen LogP contribution in [0.4, 0.5) is 0 Å². The number of aromatic nitrogens is 6. The van der Waals surface area contributed by atoms with E-state index < -0.39 is 0 Å². The van der Waals surface area contributed by atoms with Gasteiger partial charge in [-0.3, -0.25) is 4.79 Å². The van der Waals surface area contributed by atoms with Crippen molar-refractivity contribution in [3.63, 3.8) is 0 Å². The van der Waals surface area contributed by atoms with Crippen molar-refractivity contribution in [1.29, 1.82) is 0 Å². The van der Waals surface area contributed by atoms with Gasteiger partial charge in [0, 0.05) is 44.7 Å². The highest BCUT2D eigenvalue weighted by Crippen LogP contribution is 2.29. The molecule has 0 unspecified atom stereocenters. The molecule has 2 saturated heterocycles. The van der Waals surface area contributed by atoms with Crippen LogP contribution in [-0.4, -0.2) is 66.6 Å². The number of hydrogen-bond donors (Lipinski definition) is 0. The van der Waals surface area contributed by atoms with E-state index in [1.807, 2.05) is 4.90 Å². The van der Waals surface area contributed by atoms with Crippen LogP contribution in [0.15, 0.2) is 12.7 Å². The quantitative estimate of drug-likeness (QED) is 0.779. The average molecular weight is 373 g/mol. The van der Waals surface area contributed by atoms with Crippen molar-refractivity contribution < 1.29 is 9.53 Å². The molecule has 2 aliphatic heterocycles. The molecule has 4 heterocycles. The van der Waals surface area contributed by atoms with E-state index in [1.54, 1.807) is 11.0 Å². The Labute approximate surface area is 158 Å². The van der Waals surface area contributed by atoms with Crippen molar-refractivity contribution in [2.24, 2.45) is 5.92 Å². The fourth-order valence-corrected chi connectivity index (χ4v) is 4.13. The van der Waals surface area contributed by atoms with E-state index in [9.17, 15) is 4.79 Å². The van der Waals surface area contributed by atoms with Crippen molar-refractivity contribution in [2.45, 2.75) is 51.6 Å². The van der Waals surface area contributed by atoms with E-state index in [0.29, 0.717) is 31.6 Å². The van der Waals surface area contributed by atoms with Crippen LogP contribution in [0.3, 0.4) is 0 Å². The SMILES string of the molecule is CCn1c(Cn2cncn2)nnc1C1CCN(C(=O)C2CCOCC2)CC1. The van der Waals surface area contributed by atoms with Gasteiger partial charge in [0.1, 0.15) is 25.0 Å². The Morgan fingerprint density at radius 1 is 1.19 bits per heavy atom. The topological polar surface area (TPSA) is 91.0 Å². The highest BCUT2D eigenvalue weighted by molar-refractivity contribution is 5.79. The maximum Gasteiger partial charge on any atom is 0.225 e. The fourth-order valence-electron chi connectivity index (χ4n) is 4.13. The summed E-state index contributed by atoms with van der Waals surface area (Å²) in [6.07, 6.45) is 6.81. The predicted molar refractivity (Wildman–Crippen MR) is 96.9 cm³/mol. The smallest absolute Gasteiger partial charge is 0.225 e. The predicted octanol–water partition coefficient (Wildman–Crippen LogP) is 1.07. The van der Waals surface area contributed by atoms with Crippen molar-refractivity contribution in [2.75, 3.05) is 26.3 Å². The van der Waals surface area contributed by atoms with Gasteiger partial charge in [-0.15, -0.1) is 10.2 Å². The molecular weight excluding hydrogens is 346 g/mol. The zero-order valence-corrected chi connectivity index (χ0v) is 15.8. The fraction of sp³-hybridized carbons (Fsp3) is 0.722. The molecule has 0 aromatic carbocycles. The molecule has 1 amide bonds. The Morgan fingerprint density at radius 3 is 2.63 bits per heavy atom. The van der Waals surface area contributed by atoms with Crippen molar-refractivity contribution in [3.05, 3.63) is 24.3 Å². The molecule has 9 nitrogen and oxygen atoms in total. The van der Waals surface area contributed by atoms with Gasteiger partial charge in [0.25, 0.3) is 0 Å². The summed E-state index contributed by atoms with van der Waals surface area (Å²) in [5.74, 6) is 2.73. The summed E-state index contributed by atoms with van der Waals surface area (Å²) in [6.45, 7) is 6.53. The second-order valence-corrected chi connectivity index (χ2v) is 7.30. The Morgan fingerprint density at radius 2 is 1.96 bits per heavy atom. The number of piperidine rings is 1. The highest BCUT2D eigenvalue weighted by Gasteiger charge is 2.31. The average Bonchev–Trinajstić information content (AvgIpc) is 3.38. The number of likely N-dealkylation sites (tertiary alicyclic amines) is 1. The molecule has 0 radical (unpaired) electrons. The minimum Gasteiger partial charge on any atom is -0.381 e. The number of ether oxygens (including phenoxy) is 1. The van der Waals surface area contributed by atoms with Crippen LogP contribution in [-0.2, 0) is 22.6 Å². The van der Waals surface area contributed by atoms with Crippen LogP contribution in [0, 0.1) is 5.92 Å². The summed E-state index contributed by atoms with van der Waals surface area (Å²) in [4.78, 5) is 18.7. The van der Waals surface area contributed by atoms with E-state index in [2.05, 4.69) is 31.8 Å². The Balaban J connectivity index is 1.39. The summed E-state index contributed by atoms with van der Waals surface area (Å²) in [6, 6.07) is 0. The van der Waals surface area contributed by atoms with Gasteiger partial charge in [-0.25, -0.2) is 9.67 Å². The molecule has 0 atom stereocenters. The monoisotopic (exact) mass is 373 g/mol. The molecule has 0 N–H and O–H groups in total. The van der Waals surface area contributed by atoms with Crippen LogP contribution in [0.25, 0.3) is 0 Å². The third-order valence-electron chi connectivity index (χ3n) is 5.68. The first-order chi connectivity index (χ1) is 13.3. The second kappa shape index (κ2) is 8.16. The van der Waals surface area contributed by atoms with Gasteiger partial charge in [0.15, 0.2) is 5.82 Å². The number of carbonyl (C=O) groups is 1. The van der Waals surface area contributed by atoms with E-state index in [1.165, 1.54) is 6.33 Å². The lowest BCUT2D eigenvalue weighted by molar-refractivity contribution is -0.139. The van der Waals surface area contributed by atoms with Crippen LogP contribution in [0.1, 0.15) is 50.2 Å². The summed E-state index contributed by atoms with van der Waals surface area (Å²) < 4.78 is 9.32. The van der Waals surface area contributed by atoms with Crippen molar-refractivity contribution in [1.82, 2.24) is 34.4 Å². The molecule has 2 aromatic heterocycles. The molecule has 2 aromatic rings. The third-order valence-corrected chi connectivity index (χ3v) is 5.68. The zero-order chi connectivity index (χ0) is 18.6. The minimum atomic E-state index is 0.142. The van der Waals surface area contributed by atoms with Crippen molar-refractivity contribution >= 4 is 5.91 Å². The van der Waals surface area contributed by atoms with E-state index >= 15 is 0 Å². The second-order valence-electron chi connectivity index (χ2n) is 7.30. The molecule has 2 aliphatic rings. The van der Waals surface area contributed by atoms with Crippen LogP contribution >= 0.6 is 0 Å². The van der Waals surface area contributed by atoms with E-state index in [0.717, 1.165) is 57.0 Å². The van der Waals surface area contributed by atoms with Crippen LogP contribution < -0.4 is 0 Å². The van der Waals surface area contributed by atoms with Crippen molar-refractivity contribution in [3.8, 4) is 0 Å². The minimum absolute atomic E-state index is 0.142. The molecule has 2 fully saturated rings. The first-order valence-corrected chi connectivity index (χ1v) is 9.87. The largest absolute Gasteiger partial charge is 0.381 e. The molecule has 0 bridgehead atoms. The summed E-state index contributed by atoms with van der Waals surface area (Å²) in [5.41, 5.74) is 0. The van der Waals surface area contributed by atoms with Gasteiger partial charge in [0.05, 0.1) is 0 Å². The Kier molecular flexibility index (Phi) is 5.47. The molecule has 4 rings (SSSR count). The van der Waals surface area contributed by atoms with Gasteiger partial charge in [-0.05, 0) is 32.6 Å². The molecule has 27 heavy (non-hydrogen) atoms. The molecule has 9 heteroatoms. The Bertz CT molecular complexity index is 744. The lowest BCUT2D eigenvalue weighted by Crippen LogP contribution is -2.43. The van der Waals surface area contributed by atoms with Gasteiger partial charge in [0.2, 0.25) is 5.91 Å². The van der Waals surface area contributed by atoms with E-state index in [-0.39, 0.29) is 5.92 Å². The maximum absolute atomic E-state index is 12.7. The molecule has 0 aliphatic carbocycles. The zero-order valence-electron chi connectivity index (χ0n) is 15.8. The van der Waals surface area contributed by atoms with Gasteiger partial charge >= 0.3 is 0 Å². The van der Waals surface area contributed by atoms with Gasteiger partial charge in [-0.2, -0.15) is 5.10 Å². The normalized spacial score (nSPS) is 19.5. The number of nitrogens with zero attached hydrogens (tertiary/aromatic N) is 7. The third kappa shape index (κ3) is 3.87. The Hall–Kier alpha value is -2.29. The maximum atomic E-state index is 12.7. The number of carbonyl (C=O) groups excluding carboxylic acids is 1. The molecule has 146 valence electrons. The first-order valence-electron chi connectivity index (χ1n) is 9.87. The van der Waals surface area contributed by atoms with E-state index in [4.69, 9.17) is 4.74 Å². The summed E-state index contributed by atoms with van der Waals surface area (Å²) in [5, 5.41) is 13.0. The first kappa shape index (κ1) is 18.1. The molecular formula is C18H27N7O2. The van der Waals surface area contributed by atoms with Crippen LogP contribution in [0.2, 0.25) is 0 Å². The van der Waals surface area contributed by atoms with Crippen LogP contribution in [0.5, 0.6) is 0 Å². The summed E-state index contributed by atoms with van der Waals surface area (Å²) >= 11 is 0. The lowest BCUT2D eigenvalue weighted by Gasteiger charge is -2.35. The molecule has 0 spiro atoms.